The second-order valence-electron chi connectivity index (χ2n) is 7.00. The molecule has 0 aliphatic carbocycles. The van der Waals surface area contributed by atoms with Crippen LogP contribution in [-0.2, 0) is 26.1 Å². The molecule has 9 nitrogen and oxygen atoms in total. The Morgan fingerprint density at radius 1 is 1.20 bits per heavy atom. The second kappa shape index (κ2) is 9.59. The zero-order valence-corrected chi connectivity index (χ0v) is 18.4. The number of sulfonamides is 1. The molecule has 1 aliphatic rings. The minimum Gasteiger partial charge on any atom is -0.494 e. The third-order valence-electron chi connectivity index (χ3n) is 4.88. The molecule has 0 bridgehead atoms. The highest BCUT2D eigenvalue weighted by molar-refractivity contribution is 7.89. The quantitative estimate of drug-likeness (QED) is 0.679. The molecule has 0 atom stereocenters. The van der Waals surface area contributed by atoms with Gasteiger partial charge in [-0.25, -0.2) is 8.42 Å². The SMILES string of the molecule is CCOc1ccc(NC(=O)CCn2nc(C)c(S(=O)(=O)N3CCOCC3)c2C)cc1. The molecule has 1 fully saturated rings. The Kier molecular flexibility index (Phi) is 7.11. The summed E-state index contributed by atoms with van der Waals surface area (Å²) in [4.78, 5) is 12.5. The van der Waals surface area contributed by atoms with E-state index in [0.717, 1.165) is 5.75 Å². The van der Waals surface area contributed by atoms with Crippen LogP contribution in [0.15, 0.2) is 29.2 Å². The fourth-order valence-corrected chi connectivity index (χ4v) is 5.20. The van der Waals surface area contributed by atoms with E-state index in [1.165, 1.54) is 4.31 Å². The van der Waals surface area contributed by atoms with E-state index in [9.17, 15) is 13.2 Å². The van der Waals surface area contributed by atoms with E-state index >= 15 is 0 Å². The maximum absolute atomic E-state index is 13.0. The van der Waals surface area contributed by atoms with Gasteiger partial charge in [-0.05, 0) is 45.0 Å². The summed E-state index contributed by atoms with van der Waals surface area (Å²) >= 11 is 0. The molecule has 2 heterocycles. The molecular weight excluding hydrogens is 408 g/mol. The molecule has 1 amide bonds. The average molecular weight is 437 g/mol. The molecule has 0 spiro atoms. The molecular formula is C20H28N4O5S. The predicted molar refractivity (Wildman–Crippen MR) is 112 cm³/mol. The van der Waals surface area contributed by atoms with Crippen molar-refractivity contribution < 1.29 is 22.7 Å². The van der Waals surface area contributed by atoms with E-state index in [1.54, 1.807) is 42.8 Å². The van der Waals surface area contributed by atoms with E-state index in [-0.39, 0.29) is 23.8 Å². The van der Waals surface area contributed by atoms with Crippen molar-refractivity contribution in [1.29, 1.82) is 0 Å². The zero-order valence-electron chi connectivity index (χ0n) is 17.6. The first-order valence-electron chi connectivity index (χ1n) is 9.97. The highest BCUT2D eigenvalue weighted by Crippen LogP contribution is 2.24. The normalized spacial score (nSPS) is 15.2. The Bertz CT molecular complexity index is 979. The average Bonchev–Trinajstić information content (AvgIpc) is 3.02. The highest BCUT2D eigenvalue weighted by atomic mass is 32.2. The molecule has 2 aromatic rings. The van der Waals surface area contributed by atoms with Crippen molar-refractivity contribution in [3.8, 4) is 5.75 Å². The number of benzene rings is 1. The van der Waals surface area contributed by atoms with Gasteiger partial charge in [0.05, 0.1) is 37.8 Å². The smallest absolute Gasteiger partial charge is 0.246 e. The number of anilines is 1. The predicted octanol–water partition coefficient (Wildman–Crippen LogP) is 1.95. The minimum absolute atomic E-state index is 0.173. The Balaban J connectivity index is 1.64. The van der Waals surface area contributed by atoms with Gasteiger partial charge in [-0.15, -0.1) is 0 Å². The van der Waals surface area contributed by atoms with Crippen LogP contribution in [0.5, 0.6) is 5.75 Å². The molecule has 164 valence electrons. The number of carbonyl (C=O) groups excluding carboxylic acids is 1. The summed E-state index contributed by atoms with van der Waals surface area (Å²) in [6.07, 6.45) is 0.173. The van der Waals surface area contributed by atoms with Gasteiger partial charge in [0, 0.05) is 25.2 Å². The Morgan fingerprint density at radius 2 is 1.87 bits per heavy atom. The van der Waals surface area contributed by atoms with Crippen LogP contribution in [-0.4, -0.2) is 61.3 Å². The Labute approximate surface area is 177 Å². The van der Waals surface area contributed by atoms with Gasteiger partial charge in [0.15, 0.2) is 0 Å². The summed E-state index contributed by atoms with van der Waals surface area (Å²) in [6.45, 7) is 7.61. The standard InChI is InChI=1S/C20H28N4O5S/c1-4-29-18-7-5-17(6-8-18)21-19(25)9-10-24-16(3)20(15(2)22-24)30(26,27)23-11-13-28-14-12-23/h5-8H,4,9-14H2,1-3H3,(H,21,25). The van der Waals surface area contributed by atoms with Crippen molar-refractivity contribution in [1.82, 2.24) is 14.1 Å². The fourth-order valence-electron chi connectivity index (χ4n) is 3.42. The monoisotopic (exact) mass is 436 g/mol. The van der Waals surface area contributed by atoms with Crippen LogP contribution in [0.1, 0.15) is 24.7 Å². The van der Waals surface area contributed by atoms with Crippen molar-refractivity contribution in [2.75, 3.05) is 38.2 Å². The lowest BCUT2D eigenvalue weighted by atomic mass is 10.3. The van der Waals surface area contributed by atoms with E-state index in [1.807, 2.05) is 6.92 Å². The van der Waals surface area contributed by atoms with Crippen molar-refractivity contribution in [3.05, 3.63) is 35.7 Å². The summed E-state index contributed by atoms with van der Waals surface area (Å²) in [5.41, 5.74) is 1.64. The van der Waals surface area contributed by atoms with Gasteiger partial charge in [0.25, 0.3) is 0 Å². The number of morpholine rings is 1. The van der Waals surface area contributed by atoms with E-state index in [4.69, 9.17) is 9.47 Å². The maximum atomic E-state index is 13.0. The summed E-state index contributed by atoms with van der Waals surface area (Å²) in [6, 6.07) is 7.14. The third kappa shape index (κ3) is 5.00. The van der Waals surface area contributed by atoms with E-state index in [0.29, 0.717) is 50.0 Å². The first kappa shape index (κ1) is 22.3. The molecule has 1 aromatic heterocycles. The third-order valence-corrected chi connectivity index (χ3v) is 7.03. The van der Waals surface area contributed by atoms with Crippen LogP contribution in [0, 0.1) is 13.8 Å². The number of carbonyl (C=O) groups is 1. The zero-order chi connectivity index (χ0) is 21.7. The molecule has 30 heavy (non-hydrogen) atoms. The van der Waals surface area contributed by atoms with Gasteiger partial charge in [-0.2, -0.15) is 9.40 Å². The number of nitrogens with one attached hydrogen (secondary N) is 1. The first-order valence-corrected chi connectivity index (χ1v) is 11.4. The topological polar surface area (TPSA) is 103 Å². The maximum Gasteiger partial charge on any atom is 0.246 e. The Morgan fingerprint density at radius 3 is 2.50 bits per heavy atom. The van der Waals surface area contributed by atoms with Crippen molar-refractivity contribution in [2.45, 2.75) is 38.6 Å². The van der Waals surface area contributed by atoms with Crippen molar-refractivity contribution in [3.63, 3.8) is 0 Å². The number of hydrogen-bond acceptors (Lipinski definition) is 6. The number of hydrogen-bond donors (Lipinski definition) is 1. The molecule has 10 heteroatoms. The van der Waals surface area contributed by atoms with Crippen molar-refractivity contribution in [2.24, 2.45) is 0 Å². The fraction of sp³-hybridized carbons (Fsp3) is 0.500. The molecule has 1 aliphatic heterocycles. The summed E-state index contributed by atoms with van der Waals surface area (Å²) in [7, 11) is -3.64. The lowest BCUT2D eigenvalue weighted by molar-refractivity contribution is -0.116. The summed E-state index contributed by atoms with van der Waals surface area (Å²) in [5, 5.41) is 7.19. The van der Waals surface area contributed by atoms with Crippen molar-refractivity contribution >= 4 is 21.6 Å². The van der Waals surface area contributed by atoms with Gasteiger partial charge in [0.1, 0.15) is 10.6 Å². The van der Waals surface area contributed by atoms with Crippen LogP contribution >= 0.6 is 0 Å². The summed E-state index contributed by atoms with van der Waals surface area (Å²) < 4.78 is 39.7. The highest BCUT2D eigenvalue weighted by Gasteiger charge is 2.32. The number of ether oxygens (including phenoxy) is 2. The van der Waals surface area contributed by atoms with Crippen LogP contribution < -0.4 is 10.1 Å². The molecule has 1 aromatic carbocycles. The Hall–Kier alpha value is -2.43. The van der Waals surface area contributed by atoms with E-state index < -0.39 is 10.0 Å². The van der Waals surface area contributed by atoms with Gasteiger partial charge >= 0.3 is 0 Å². The largest absolute Gasteiger partial charge is 0.494 e. The molecule has 0 saturated carbocycles. The number of amides is 1. The minimum atomic E-state index is -3.64. The molecule has 3 rings (SSSR count). The molecule has 1 saturated heterocycles. The number of rotatable bonds is 8. The molecule has 1 N–H and O–H groups in total. The number of aromatic nitrogens is 2. The second-order valence-corrected chi connectivity index (χ2v) is 8.87. The number of aryl methyl sites for hydroxylation is 2. The summed E-state index contributed by atoms with van der Waals surface area (Å²) in [5.74, 6) is 0.566. The van der Waals surface area contributed by atoms with Crippen LogP contribution in [0.4, 0.5) is 5.69 Å². The van der Waals surface area contributed by atoms with Gasteiger partial charge < -0.3 is 14.8 Å². The van der Waals surface area contributed by atoms with Crippen LogP contribution in [0.3, 0.4) is 0 Å². The van der Waals surface area contributed by atoms with Crippen LogP contribution in [0.2, 0.25) is 0 Å². The van der Waals surface area contributed by atoms with E-state index in [2.05, 4.69) is 10.4 Å². The van der Waals surface area contributed by atoms with Gasteiger partial charge in [-0.1, -0.05) is 0 Å². The van der Waals surface area contributed by atoms with Gasteiger partial charge in [-0.3, -0.25) is 9.48 Å². The lowest BCUT2D eigenvalue weighted by Crippen LogP contribution is -2.41. The first-order chi connectivity index (χ1) is 14.3. The lowest BCUT2D eigenvalue weighted by Gasteiger charge is -2.26. The number of nitrogens with zero attached hydrogens (tertiary/aromatic N) is 3. The van der Waals surface area contributed by atoms with Crippen LogP contribution in [0.25, 0.3) is 0 Å². The molecule has 0 unspecified atom stereocenters. The van der Waals surface area contributed by atoms with Gasteiger partial charge in [0.2, 0.25) is 15.9 Å². The molecule has 0 radical (unpaired) electrons.